The average molecular weight is 256 g/mol. The monoisotopic (exact) mass is 256 g/mol. The molecule has 96 valence electrons. The van der Waals surface area contributed by atoms with Gasteiger partial charge < -0.3 is 9.73 Å². The highest BCUT2D eigenvalue weighted by atomic mass is 19.4. The van der Waals surface area contributed by atoms with Gasteiger partial charge in [-0.3, -0.25) is 4.98 Å². The van der Waals surface area contributed by atoms with Gasteiger partial charge in [0, 0.05) is 23.5 Å². The number of alkyl halides is 3. The van der Waals surface area contributed by atoms with Crippen LogP contribution < -0.4 is 5.32 Å². The lowest BCUT2D eigenvalue weighted by molar-refractivity contribution is -0.138. The maximum absolute atomic E-state index is 12.9. The van der Waals surface area contributed by atoms with Crippen molar-refractivity contribution >= 4 is 0 Å². The fourth-order valence-corrected chi connectivity index (χ4v) is 1.84. The molecule has 3 nitrogen and oxygen atoms in total. The quantitative estimate of drug-likeness (QED) is 0.917. The molecule has 18 heavy (non-hydrogen) atoms. The summed E-state index contributed by atoms with van der Waals surface area (Å²) < 4.78 is 43.6. The zero-order valence-electron chi connectivity index (χ0n) is 9.53. The maximum Gasteiger partial charge on any atom is 0.416 e. The Hall–Kier alpha value is -1.82. The number of pyridine rings is 1. The third-order valence-electron chi connectivity index (χ3n) is 2.63. The molecule has 0 aliphatic rings. The van der Waals surface area contributed by atoms with Crippen molar-refractivity contribution in [3.05, 3.63) is 53.7 Å². The lowest BCUT2D eigenvalue weighted by Gasteiger charge is -2.19. The molecule has 0 spiro atoms. The van der Waals surface area contributed by atoms with E-state index in [1.54, 1.807) is 13.1 Å². The molecule has 0 amide bonds. The normalized spacial score (nSPS) is 13.6. The minimum absolute atomic E-state index is 0.0777. The molecule has 0 fully saturated rings. The summed E-state index contributed by atoms with van der Waals surface area (Å²) in [6.45, 7) is 0. The van der Waals surface area contributed by atoms with Crippen LogP contribution in [0.2, 0.25) is 0 Å². The van der Waals surface area contributed by atoms with E-state index in [9.17, 15) is 13.2 Å². The summed E-state index contributed by atoms with van der Waals surface area (Å²) in [5.74, 6) is 0. The van der Waals surface area contributed by atoms with Gasteiger partial charge in [0.15, 0.2) is 0 Å². The summed E-state index contributed by atoms with van der Waals surface area (Å²) in [4.78, 5) is 3.77. The number of nitrogens with zero attached hydrogens (tertiary/aromatic N) is 1. The SMILES string of the molecule is CNC(c1ccoc1)c1cnccc1C(F)(F)F. The molecule has 1 atom stereocenters. The lowest BCUT2D eigenvalue weighted by Crippen LogP contribution is -2.21. The molecule has 2 rings (SSSR count). The van der Waals surface area contributed by atoms with Gasteiger partial charge >= 0.3 is 6.18 Å². The van der Waals surface area contributed by atoms with Crippen LogP contribution in [0.3, 0.4) is 0 Å². The number of halogens is 3. The van der Waals surface area contributed by atoms with E-state index in [0.29, 0.717) is 5.56 Å². The van der Waals surface area contributed by atoms with Gasteiger partial charge in [-0.25, -0.2) is 0 Å². The third kappa shape index (κ3) is 2.38. The summed E-state index contributed by atoms with van der Waals surface area (Å²) in [5, 5.41) is 2.83. The van der Waals surface area contributed by atoms with Crippen molar-refractivity contribution in [2.75, 3.05) is 7.05 Å². The van der Waals surface area contributed by atoms with E-state index < -0.39 is 17.8 Å². The summed E-state index contributed by atoms with van der Waals surface area (Å²) >= 11 is 0. The van der Waals surface area contributed by atoms with Gasteiger partial charge in [-0.1, -0.05) is 0 Å². The zero-order chi connectivity index (χ0) is 13.2. The molecule has 0 radical (unpaired) electrons. The standard InChI is InChI=1S/C12H11F3N2O/c1-16-11(8-3-5-18-7-8)9-6-17-4-2-10(9)12(13,14)15/h2-7,11,16H,1H3. The third-order valence-corrected chi connectivity index (χ3v) is 2.63. The Bertz CT molecular complexity index is 508. The van der Waals surface area contributed by atoms with E-state index >= 15 is 0 Å². The number of hydrogen-bond acceptors (Lipinski definition) is 3. The summed E-state index contributed by atoms with van der Waals surface area (Å²) in [7, 11) is 1.59. The first-order valence-electron chi connectivity index (χ1n) is 5.24. The van der Waals surface area contributed by atoms with Crippen molar-refractivity contribution in [3.63, 3.8) is 0 Å². The molecule has 0 saturated carbocycles. The van der Waals surface area contributed by atoms with Gasteiger partial charge in [0.1, 0.15) is 0 Å². The van der Waals surface area contributed by atoms with E-state index in [1.165, 1.54) is 18.7 Å². The number of rotatable bonds is 3. The van der Waals surface area contributed by atoms with Crippen molar-refractivity contribution in [1.82, 2.24) is 10.3 Å². The van der Waals surface area contributed by atoms with Crippen molar-refractivity contribution < 1.29 is 17.6 Å². The summed E-state index contributed by atoms with van der Waals surface area (Å²) in [6.07, 6.45) is 0.778. The number of aromatic nitrogens is 1. The van der Waals surface area contributed by atoms with Crippen molar-refractivity contribution in [3.8, 4) is 0 Å². The molecule has 1 N–H and O–H groups in total. The largest absolute Gasteiger partial charge is 0.472 e. The molecule has 6 heteroatoms. The van der Waals surface area contributed by atoms with E-state index in [4.69, 9.17) is 4.42 Å². The van der Waals surface area contributed by atoms with Gasteiger partial charge in [0.05, 0.1) is 24.1 Å². The van der Waals surface area contributed by atoms with Crippen molar-refractivity contribution in [2.45, 2.75) is 12.2 Å². The molecule has 2 heterocycles. The molecule has 0 aromatic carbocycles. The summed E-state index contributed by atoms with van der Waals surface area (Å²) in [5.41, 5.74) is 0.00273. The molecule has 0 aliphatic heterocycles. The Morgan fingerprint density at radius 3 is 2.67 bits per heavy atom. The van der Waals surface area contributed by atoms with Crippen LogP contribution in [-0.2, 0) is 6.18 Å². The first kappa shape index (κ1) is 12.6. The second kappa shape index (κ2) is 4.81. The molecule has 1 unspecified atom stereocenters. The zero-order valence-corrected chi connectivity index (χ0v) is 9.53. The van der Waals surface area contributed by atoms with Crippen LogP contribution in [0.15, 0.2) is 41.5 Å². The van der Waals surface area contributed by atoms with E-state index in [2.05, 4.69) is 10.3 Å². The van der Waals surface area contributed by atoms with E-state index in [0.717, 1.165) is 12.3 Å². The molecular weight excluding hydrogens is 245 g/mol. The van der Waals surface area contributed by atoms with Gasteiger partial charge in [0.25, 0.3) is 0 Å². The molecule has 0 aliphatic carbocycles. The number of nitrogens with one attached hydrogen (secondary N) is 1. The van der Waals surface area contributed by atoms with Crippen LogP contribution >= 0.6 is 0 Å². The maximum atomic E-state index is 12.9. The van der Waals surface area contributed by atoms with Gasteiger partial charge in [-0.2, -0.15) is 13.2 Å². The molecule has 2 aromatic rings. The lowest BCUT2D eigenvalue weighted by atomic mass is 9.98. The van der Waals surface area contributed by atoms with E-state index in [1.807, 2.05) is 0 Å². The Morgan fingerprint density at radius 2 is 2.11 bits per heavy atom. The molecular formula is C12H11F3N2O. The highest BCUT2D eigenvalue weighted by Gasteiger charge is 2.35. The highest BCUT2D eigenvalue weighted by molar-refractivity contribution is 5.35. The van der Waals surface area contributed by atoms with Crippen LogP contribution in [0.4, 0.5) is 13.2 Å². The molecule has 2 aromatic heterocycles. The van der Waals surface area contributed by atoms with E-state index in [-0.39, 0.29) is 5.56 Å². The Balaban J connectivity index is 2.50. The average Bonchev–Trinajstić information content (AvgIpc) is 2.83. The first-order chi connectivity index (χ1) is 8.54. The Labute approximate surface area is 102 Å². The van der Waals surface area contributed by atoms with Crippen LogP contribution in [0.1, 0.15) is 22.7 Å². The predicted molar refractivity (Wildman–Crippen MR) is 58.8 cm³/mol. The highest BCUT2D eigenvalue weighted by Crippen LogP contribution is 2.35. The van der Waals surface area contributed by atoms with Crippen LogP contribution in [0, 0.1) is 0 Å². The van der Waals surface area contributed by atoms with Gasteiger partial charge in [-0.15, -0.1) is 0 Å². The number of hydrogen-bond donors (Lipinski definition) is 1. The van der Waals surface area contributed by atoms with Gasteiger partial charge in [-0.05, 0) is 19.2 Å². The van der Waals surface area contributed by atoms with Gasteiger partial charge in [0.2, 0.25) is 0 Å². The Morgan fingerprint density at radius 1 is 1.33 bits per heavy atom. The second-order valence-corrected chi connectivity index (χ2v) is 3.74. The second-order valence-electron chi connectivity index (χ2n) is 3.74. The minimum Gasteiger partial charge on any atom is -0.472 e. The topological polar surface area (TPSA) is 38.1 Å². The first-order valence-corrected chi connectivity index (χ1v) is 5.24. The predicted octanol–water partition coefficient (Wildman–Crippen LogP) is 3.00. The van der Waals surface area contributed by atoms with Crippen LogP contribution in [0.5, 0.6) is 0 Å². The fraction of sp³-hybridized carbons (Fsp3) is 0.250. The Kier molecular flexibility index (Phi) is 3.38. The summed E-state index contributed by atoms with van der Waals surface area (Å²) in [6, 6.07) is 1.99. The molecule has 0 saturated heterocycles. The van der Waals surface area contributed by atoms with Crippen LogP contribution in [0.25, 0.3) is 0 Å². The van der Waals surface area contributed by atoms with Crippen molar-refractivity contribution in [2.24, 2.45) is 0 Å². The minimum atomic E-state index is -4.41. The van der Waals surface area contributed by atoms with Crippen LogP contribution in [-0.4, -0.2) is 12.0 Å². The van der Waals surface area contributed by atoms with Crippen molar-refractivity contribution in [1.29, 1.82) is 0 Å². The fourth-order valence-electron chi connectivity index (χ4n) is 1.84. The smallest absolute Gasteiger partial charge is 0.416 e. The number of furan rings is 1. The molecule has 0 bridgehead atoms.